The van der Waals surface area contributed by atoms with Crippen LogP contribution in [0.1, 0.15) is 52.4 Å². The fourth-order valence-electron chi connectivity index (χ4n) is 3.23. The van der Waals surface area contributed by atoms with Crippen LogP contribution in [0.4, 0.5) is 4.79 Å². The first-order valence-corrected chi connectivity index (χ1v) is 8.23. The molecule has 5 nitrogen and oxygen atoms in total. The van der Waals surface area contributed by atoms with E-state index in [0.29, 0.717) is 0 Å². The van der Waals surface area contributed by atoms with E-state index in [1.54, 1.807) is 0 Å². The number of amides is 2. The van der Waals surface area contributed by atoms with Gasteiger partial charge in [-0.05, 0) is 59.0 Å². The first kappa shape index (κ1) is 18.2. The van der Waals surface area contributed by atoms with Crippen molar-refractivity contribution < 1.29 is 9.90 Å². The molecule has 0 aromatic rings. The van der Waals surface area contributed by atoms with Gasteiger partial charge in [-0.2, -0.15) is 0 Å². The number of hydrogen-bond donors (Lipinski definition) is 3. The molecule has 5 heteroatoms. The Morgan fingerprint density at radius 2 is 1.90 bits per heavy atom. The molecule has 0 bridgehead atoms. The first-order valence-electron chi connectivity index (χ1n) is 8.23. The van der Waals surface area contributed by atoms with Crippen molar-refractivity contribution in [3.63, 3.8) is 0 Å². The fourth-order valence-corrected chi connectivity index (χ4v) is 3.23. The van der Waals surface area contributed by atoms with Gasteiger partial charge in [0.1, 0.15) is 0 Å². The van der Waals surface area contributed by atoms with Crippen LogP contribution in [0.5, 0.6) is 0 Å². The van der Waals surface area contributed by atoms with Gasteiger partial charge in [0.25, 0.3) is 0 Å². The molecule has 1 fully saturated rings. The zero-order valence-electron chi connectivity index (χ0n) is 14.1. The van der Waals surface area contributed by atoms with E-state index >= 15 is 0 Å². The largest absolute Gasteiger partial charge is 0.394 e. The van der Waals surface area contributed by atoms with E-state index in [-0.39, 0.29) is 18.7 Å². The van der Waals surface area contributed by atoms with Crippen molar-refractivity contribution in [3.05, 3.63) is 0 Å². The summed E-state index contributed by atoms with van der Waals surface area (Å²) in [7, 11) is 4.22. The highest BCUT2D eigenvalue weighted by atomic mass is 16.3. The number of aliphatic hydroxyl groups is 1. The number of nitrogens with zero attached hydrogens (tertiary/aromatic N) is 1. The summed E-state index contributed by atoms with van der Waals surface area (Å²) < 4.78 is 0. The minimum Gasteiger partial charge on any atom is -0.394 e. The van der Waals surface area contributed by atoms with Crippen LogP contribution in [0.3, 0.4) is 0 Å². The number of hydrogen-bond acceptors (Lipinski definition) is 3. The third-order valence-electron chi connectivity index (χ3n) is 4.37. The van der Waals surface area contributed by atoms with Gasteiger partial charge in [0.2, 0.25) is 0 Å². The number of rotatable bonds is 7. The van der Waals surface area contributed by atoms with E-state index in [2.05, 4.69) is 36.6 Å². The topological polar surface area (TPSA) is 64.6 Å². The normalized spacial score (nSPS) is 25.4. The third kappa shape index (κ3) is 6.66. The molecule has 2 amide bonds. The number of nitrogens with one attached hydrogen (secondary N) is 2. The van der Waals surface area contributed by atoms with Crippen LogP contribution in [0.2, 0.25) is 0 Å². The molecule has 0 spiro atoms. The van der Waals surface area contributed by atoms with Gasteiger partial charge in [0.15, 0.2) is 0 Å². The van der Waals surface area contributed by atoms with Gasteiger partial charge < -0.3 is 20.6 Å². The molecule has 1 rings (SSSR count). The number of aliphatic hydroxyl groups excluding tert-OH is 1. The van der Waals surface area contributed by atoms with E-state index in [0.717, 1.165) is 38.1 Å². The van der Waals surface area contributed by atoms with Gasteiger partial charge in [-0.25, -0.2) is 4.79 Å². The summed E-state index contributed by atoms with van der Waals surface area (Å²) >= 11 is 0. The molecule has 0 heterocycles. The average molecular weight is 299 g/mol. The summed E-state index contributed by atoms with van der Waals surface area (Å²) in [4.78, 5) is 14.3. The Balaban J connectivity index is 2.33. The molecule has 0 aromatic carbocycles. The second-order valence-electron chi connectivity index (χ2n) is 7.05. The van der Waals surface area contributed by atoms with Gasteiger partial charge in [0, 0.05) is 12.6 Å². The summed E-state index contributed by atoms with van der Waals surface area (Å²) in [5, 5.41) is 15.4. The second-order valence-corrected chi connectivity index (χ2v) is 7.05. The molecule has 21 heavy (non-hydrogen) atoms. The third-order valence-corrected chi connectivity index (χ3v) is 4.37. The van der Waals surface area contributed by atoms with Gasteiger partial charge in [-0.3, -0.25) is 0 Å². The molecule has 0 saturated heterocycles. The Morgan fingerprint density at radius 1 is 1.29 bits per heavy atom. The molecular formula is C16H33N3O2. The van der Waals surface area contributed by atoms with Crippen LogP contribution in [0.25, 0.3) is 0 Å². The number of carbonyl (C=O) groups excluding carboxylic acids is 1. The maximum Gasteiger partial charge on any atom is 0.315 e. The van der Waals surface area contributed by atoms with Crippen LogP contribution >= 0.6 is 0 Å². The molecule has 0 aromatic heterocycles. The van der Waals surface area contributed by atoms with E-state index in [4.69, 9.17) is 0 Å². The van der Waals surface area contributed by atoms with Gasteiger partial charge in [0.05, 0.1) is 12.1 Å². The smallest absolute Gasteiger partial charge is 0.315 e. The molecule has 0 aliphatic heterocycles. The minimum absolute atomic E-state index is 0.0240. The summed E-state index contributed by atoms with van der Waals surface area (Å²) in [6, 6.07) is 0.129. The lowest BCUT2D eigenvalue weighted by Gasteiger charge is -2.33. The molecule has 1 atom stereocenters. The fraction of sp³-hybridized carbons (Fsp3) is 0.938. The van der Waals surface area contributed by atoms with Crippen molar-refractivity contribution in [1.29, 1.82) is 0 Å². The predicted molar refractivity (Wildman–Crippen MR) is 86.4 cm³/mol. The standard InChI is InChI=1S/C16H33N3O2/c1-5-10-16(2,12-20)18-15(21)17-14-8-6-13(7-9-14)11-19(3)4/h13-14,20H,5-12H2,1-4H3,(H2,17,18,21). The van der Waals surface area contributed by atoms with E-state index in [1.165, 1.54) is 12.8 Å². The summed E-state index contributed by atoms with van der Waals surface area (Å²) in [5.74, 6) is 0.754. The van der Waals surface area contributed by atoms with Crippen LogP contribution < -0.4 is 10.6 Å². The highest BCUT2D eigenvalue weighted by Crippen LogP contribution is 2.24. The Labute approximate surface area is 129 Å². The molecule has 124 valence electrons. The zero-order chi connectivity index (χ0) is 15.9. The Bertz CT molecular complexity index is 315. The van der Waals surface area contributed by atoms with Crippen LogP contribution in [-0.4, -0.2) is 54.9 Å². The van der Waals surface area contributed by atoms with E-state index < -0.39 is 5.54 Å². The van der Waals surface area contributed by atoms with Crippen molar-refractivity contribution in [2.24, 2.45) is 5.92 Å². The lowest BCUT2D eigenvalue weighted by atomic mass is 9.86. The maximum atomic E-state index is 12.1. The molecular weight excluding hydrogens is 266 g/mol. The molecule has 0 radical (unpaired) electrons. The first-order chi connectivity index (χ1) is 9.88. The molecule has 1 aliphatic rings. The summed E-state index contributed by atoms with van der Waals surface area (Å²) in [6.45, 7) is 5.06. The average Bonchev–Trinajstić information content (AvgIpc) is 2.40. The van der Waals surface area contributed by atoms with Crippen molar-refractivity contribution in [2.45, 2.75) is 64.0 Å². The lowest BCUT2D eigenvalue weighted by molar-refractivity contribution is 0.159. The Hall–Kier alpha value is -0.810. The molecule has 1 aliphatic carbocycles. The number of urea groups is 1. The second kappa shape index (κ2) is 8.59. The Morgan fingerprint density at radius 3 is 2.38 bits per heavy atom. The van der Waals surface area contributed by atoms with E-state index in [1.807, 2.05) is 6.92 Å². The van der Waals surface area contributed by atoms with Gasteiger partial charge in [-0.15, -0.1) is 0 Å². The highest BCUT2D eigenvalue weighted by molar-refractivity contribution is 5.75. The van der Waals surface area contributed by atoms with Crippen LogP contribution in [-0.2, 0) is 0 Å². The van der Waals surface area contributed by atoms with Crippen LogP contribution in [0.15, 0.2) is 0 Å². The summed E-state index contributed by atoms with van der Waals surface area (Å²) in [6.07, 6.45) is 6.18. The monoisotopic (exact) mass is 299 g/mol. The van der Waals surface area contributed by atoms with Crippen molar-refractivity contribution in [2.75, 3.05) is 27.2 Å². The highest BCUT2D eigenvalue weighted by Gasteiger charge is 2.27. The van der Waals surface area contributed by atoms with Crippen LogP contribution in [0, 0.1) is 5.92 Å². The van der Waals surface area contributed by atoms with Gasteiger partial charge >= 0.3 is 6.03 Å². The van der Waals surface area contributed by atoms with Crippen molar-refractivity contribution >= 4 is 6.03 Å². The van der Waals surface area contributed by atoms with E-state index in [9.17, 15) is 9.90 Å². The number of carbonyl (C=O) groups is 1. The quantitative estimate of drug-likeness (QED) is 0.673. The summed E-state index contributed by atoms with van der Waals surface area (Å²) in [5.41, 5.74) is -0.513. The lowest BCUT2D eigenvalue weighted by Crippen LogP contribution is -2.54. The SMILES string of the molecule is CCCC(C)(CO)NC(=O)NC1CCC(CN(C)C)CC1. The predicted octanol–water partition coefficient (Wildman–Crippen LogP) is 1.96. The minimum atomic E-state index is -0.513. The molecule has 1 unspecified atom stereocenters. The van der Waals surface area contributed by atoms with Gasteiger partial charge in [-0.1, -0.05) is 13.3 Å². The maximum absolute atomic E-state index is 12.1. The van der Waals surface area contributed by atoms with Crippen molar-refractivity contribution in [3.8, 4) is 0 Å². The molecule has 1 saturated carbocycles. The zero-order valence-corrected chi connectivity index (χ0v) is 14.1. The molecule has 3 N–H and O–H groups in total. The Kier molecular flexibility index (Phi) is 7.46. The van der Waals surface area contributed by atoms with Crippen molar-refractivity contribution in [1.82, 2.24) is 15.5 Å².